The highest BCUT2D eigenvalue weighted by molar-refractivity contribution is 5.98. The highest BCUT2D eigenvalue weighted by Gasteiger charge is 2.35. The summed E-state index contributed by atoms with van der Waals surface area (Å²) in [5, 5.41) is 2.98. The number of carbonyl (C=O) groups excluding carboxylic acids is 2. The van der Waals surface area contributed by atoms with Gasteiger partial charge in [-0.15, -0.1) is 0 Å². The Morgan fingerprint density at radius 3 is 2.21 bits per heavy atom. The monoisotopic (exact) mass is 389 g/mol. The summed E-state index contributed by atoms with van der Waals surface area (Å²) in [7, 11) is 1.85. The normalized spacial score (nSPS) is 19.2. The minimum atomic E-state index is -0.623. The Labute approximate surface area is 167 Å². The molecule has 2 fully saturated rings. The molecule has 2 saturated heterocycles. The summed E-state index contributed by atoms with van der Waals surface area (Å²) in [4.78, 5) is 29.4. The van der Waals surface area contributed by atoms with Crippen LogP contribution in [0.5, 0.6) is 0 Å². The lowest BCUT2D eigenvalue weighted by molar-refractivity contribution is -0.129. The lowest BCUT2D eigenvalue weighted by Crippen LogP contribution is -2.56. The average Bonchev–Trinajstić information content (AvgIpc) is 2.74. The molecule has 7 heteroatoms. The zero-order valence-corrected chi connectivity index (χ0v) is 17.1. The number of hydrogen-bond donors (Lipinski definition) is 1. The van der Waals surface area contributed by atoms with Crippen molar-refractivity contribution in [2.45, 2.75) is 38.3 Å². The van der Waals surface area contributed by atoms with E-state index in [1.54, 1.807) is 29.2 Å². The van der Waals surface area contributed by atoms with E-state index < -0.39 is 5.54 Å². The molecule has 0 aromatic heterocycles. The third-order valence-corrected chi connectivity index (χ3v) is 5.81. The second-order valence-electron chi connectivity index (χ2n) is 7.95. The topological polar surface area (TPSA) is 71.1 Å². The number of amides is 2. The highest BCUT2D eigenvalue weighted by atomic mass is 16.5. The largest absolute Gasteiger partial charge is 0.381 e. The van der Waals surface area contributed by atoms with Crippen LogP contribution in [-0.2, 0) is 14.3 Å². The molecular weight excluding hydrogens is 358 g/mol. The van der Waals surface area contributed by atoms with Crippen molar-refractivity contribution >= 4 is 17.5 Å². The van der Waals surface area contributed by atoms with Crippen molar-refractivity contribution in [3.63, 3.8) is 0 Å². The first kappa shape index (κ1) is 20.8. The number of carbonyl (C=O) groups is 2. The first-order valence-corrected chi connectivity index (χ1v) is 9.99. The van der Waals surface area contributed by atoms with Crippen LogP contribution in [0.25, 0.3) is 0 Å². The summed E-state index contributed by atoms with van der Waals surface area (Å²) in [5.41, 5.74) is 0.692. The van der Waals surface area contributed by atoms with Crippen LogP contribution in [-0.4, -0.2) is 79.8 Å². The van der Waals surface area contributed by atoms with Gasteiger partial charge in [0.05, 0.1) is 18.8 Å². The third-order valence-electron chi connectivity index (χ3n) is 5.81. The lowest BCUT2D eigenvalue weighted by Gasteiger charge is -2.39. The molecule has 2 heterocycles. The summed E-state index contributed by atoms with van der Waals surface area (Å²) < 4.78 is 10.7. The predicted octanol–water partition coefficient (Wildman–Crippen LogP) is 1.99. The molecule has 2 aliphatic heterocycles. The van der Waals surface area contributed by atoms with Gasteiger partial charge in [0.15, 0.2) is 0 Å². The number of anilines is 1. The minimum Gasteiger partial charge on any atom is -0.381 e. The van der Waals surface area contributed by atoms with E-state index in [4.69, 9.17) is 9.47 Å². The third kappa shape index (κ3) is 4.71. The SMILES string of the molecule is CN(C(=O)c1ccc(NC(=O)C(C)(C)N2CCOCC2)cc1)C1CCOCC1. The highest BCUT2D eigenvalue weighted by Crippen LogP contribution is 2.21. The zero-order valence-electron chi connectivity index (χ0n) is 17.1. The summed E-state index contributed by atoms with van der Waals surface area (Å²) in [6.45, 7) is 8.03. The van der Waals surface area contributed by atoms with Crippen LogP contribution in [0.2, 0.25) is 0 Å². The van der Waals surface area contributed by atoms with Gasteiger partial charge in [0.25, 0.3) is 5.91 Å². The first-order valence-electron chi connectivity index (χ1n) is 9.99. The molecule has 0 spiro atoms. The fourth-order valence-corrected chi connectivity index (χ4v) is 3.69. The van der Waals surface area contributed by atoms with E-state index in [9.17, 15) is 9.59 Å². The van der Waals surface area contributed by atoms with Crippen LogP contribution in [0.3, 0.4) is 0 Å². The van der Waals surface area contributed by atoms with Gasteiger partial charge in [-0.05, 0) is 51.0 Å². The quantitative estimate of drug-likeness (QED) is 0.834. The number of ether oxygens (including phenoxy) is 2. The van der Waals surface area contributed by atoms with Crippen LogP contribution in [0.15, 0.2) is 24.3 Å². The smallest absolute Gasteiger partial charge is 0.253 e. The van der Waals surface area contributed by atoms with Crippen molar-refractivity contribution in [2.75, 3.05) is 51.9 Å². The summed E-state index contributed by atoms with van der Waals surface area (Å²) in [6, 6.07) is 7.34. The van der Waals surface area contributed by atoms with Crippen molar-refractivity contribution in [3.05, 3.63) is 29.8 Å². The standard InChI is InChI=1S/C21H31N3O4/c1-21(2,24-10-14-28-15-11-24)20(26)22-17-6-4-16(5-7-17)19(25)23(3)18-8-12-27-13-9-18/h4-7,18H,8-15H2,1-3H3,(H,22,26). The maximum Gasteiger partial charge on any atom is 0.253 e. The van der Waals surface area contributed by atoms with Gasteiger partial charge in [-0.2, -0.15) is 0 Å². The molecule has 0 atom stereocenters. The molecule has 2 aliphatic rings. The zero-order chi connectivity index (χ0) is 20.1. The second-order valence-corrected chi connectivity index (χ2v) is 7.95. The number of nitrogens with zero attached hydrogens (tertiary/aromatic N) is 2. The summed E-state index contributed by atoms with van der Waals surface area (Å²) in [6.07, 6.45) is 1.74. The number of benzene rings is 1. The van der Waals surface area contributed by atoms with Gasteiger partial charge >= 0.3 is 0 Å². The fraction of sp³-hybridized carbons (Fsp3) is 0.619. The fourth-order valence-electron chi connectivity index (χ4n) is 3.69. The van der Waals surface area contributed by atoms with Crippen LogP contribution in [0.1, 0.15) is 37.0 Å². The summed E-state index contributed by atoms with van der Waals surface area (Å²) in [5.74, 6) is -0.0637. The Morgan fingerprint density at radius 1 is 1.04 bits per heavy atom. The predicted molar refractivity (Wildman–Crippen MR) is 107 cm³/mol. The van der Waals surface area contributed by atoms with E-state index in [-0.39, 0.29) is 17.9 Å². The molecule has 0 radical (unpaired) electrons. The maximum atomic E-state index is 12.8. The van der Waals surface area contributed by atoms with Crippen LogP contribution in [0, 0.1) is 0 Å². The lowest BCUT2D eigenvalue weighted by atomic mass is 10.0. The molecule has 3 rings (SSSR count). The molecule has 1 N–H and O–H groups in total. The molecule has 7 nitrogen and oxygen atoms in total. The molecule has 0 aliphatic carbocycles. The number of morpholine rings is 1. The van der Waals surface area contributed by atoms with E-state index >= 15 is 0 Å². The molecule has 28 heavy (non-hydrogen) atoms. The van der Waals surface area contributed by atoms with Gasteiger partial charge < -0.3 is 19.7 Å². The summed E-state index contributed by atoms with van der Waals surface area (Å²) >= 11 is 0. The van der Waals surface area contributed by atoms with Crippen LogP contribution < -0.4 is 5.32 Å². The molecule has 1 aromatic rings. The average molecular weight is 389 g/mol. The second kappa shape index (κ2) is 9.03. The van der Waals surface area contributed by atoms with E-state index in [1.165, 1.54) is 0 Å². The van der Waals surface area contributed by atoms with Gasteiger partial charge in [0.1, 0.15) is 0 Å². The molecule has 154 valence electrons. The maximum absolute atomic E-state index is 12.8. The van der Waals surface area contributed by atoms with Crippen molar-refractivity contribution in [2.24, 2.45) is 0 Å². The Bertz CT molecular complexity index is 677. The van der Waals surface area contributed by atoms with E-state index in [0.29, 0.717) is 37.7 Å². The van der Waals surface area contributed by atoms with Crippen LogP contribution in [0.4, 0.5) is 5.69 Å². The van der Waals surface area contributed by atoms with Crippen molar-refractivity contribution in [1.82, 2.24) is 9.80 Å². The molecule has 1 aromatic carbocycles. The van der Waals surface area contributed by atoms with Crippen LogP contribution >= 0.6 is 0 Å². The molecule has 0 bridgehead atoms. The van der Waals surface area contributed by atoms with Gasteiger partial charge in [0.2, 0.25) is 5.91 Å². The minimum absolute atomic E-state index is 0.00146. The Hall–Kier alpha value is -1.96. The first-order chi connectivity index (χ1) is 13.4. The van der Waals surface area contributed by atoms with E-state index in [2.05, 4.69) is 10.2 Å². The number of nitrogens with one attached hydrogen (secondary N) is 1. The van der Waals surface area contributed by atoms with Gasteiger partial charge in [0, 0.05) is 50.6 Å². The van der Waals surface area contributed by atoms with Gasteiger partial charge in [-0.1, -0.05) is 0 Å². The Kier molecular flexibility index (Phi) is 6.69. The Morgan fingerprint density at radius 2 is 1.61 bits per heavy atom. The van der Waals surface area contributed by atoms with Crippen molar-refractivity contribution in [1.29, 1.82) is 0 Å². The number of hydrogen-bond acceptors (Lipinski definition) is 5. The van der Waals surface area contributed by atoms with Gasteiger partial charge in [-0.25, -0.2) is 0 Å². The van der Waals surface area contributed by atoms with Crippen molar-refractivity contribution in [3.8, 4) is 0 Å². The van der Waals surface area contributed by atoms with Gasteiger partial charge in [-0.3, -0.25) is 14.5 Å². The van der Waals surface area contributed by atoms with E-state index in [1.807, 2.05) is 20.9 Å². The molecular formula is C21H31N3O4. The molecule has 0 unspecified atom stereocenters. The Balaban J connectivity index is 1.60. The molecule has 0 saturated carbocycles. The number of rotatable bonds is 5. The van der Waals surface area contributed by atoms with E-state index in [0.717, 1.165) is 25.9 Å². The van der Waals surface area contributed by atoms with Crippen molar-refractivity contribution < 1.29 is 19.1 Å². The molecule has 2 amide bonds.